The third-order valence-corrected chi connectivity index (χ3v) is 7.28. The predicted octanol–water partition coefficient (Wildman–Crippen LogP) is 5.32. The van der Waals surface area contributed by atoms with E-state index in [4.69, 9.17) is 19.2 Å². The number of hydrogen-bond donors (Lipinski definition) is 1. The van der Waals surface area contributed by atoms with E-state index in [1.807, 2.05) is 37.3 Å². The lowest BCUT2D eigenvalue weighted by Crippen LogP contribution is -2.41. The van der Waals surface area contributed by atoms with Crippen LogP contribution in [0.15, 0.2) is 63.2 Å². The number of fused-ring (bicyclic) bond motifs is 1. The fraction of sp³-hybridized carbons (Fsp3) is 0.393. The second-order valence-electron chi connectivity index (χ2n) is 8.95. The van der Waals surface area contributed by atoms with Gasteiger partial charge in [0.2, 0.25) is 0 Å². The zero-order chi connectivity index (χ0) is 25.8. The van der Waals surface area contributed by atoms with E-state index in [-0.39, 0.29) is 36.4 Å². The quantitative estimate of drug-likeness (QED) is 0.350. The topological polar surface area (TPSA) is 94.4 Å². The van der Waals surface area contributed by atoms with Gasteiger partial charge in [0.25, 0.3) is 0 Å². The third-order valence-electron chi connectivity index (χ3n) is 6.68. The number of phenolic OH excluding ortho intramolecular Hbond substituents is 1. The summed E-state index contributed by atoms with van der Waals surface area (Å²) in [4.78, 5) is 31.8. The number of ketones is 1. The number of esters is 1. The van der Waals surface area contributed by atoms with Gasteiger partial charge in [-0.2, -0.15) is 0 Å². The Hall–Kier alpha value is -2.97. The van der Waals surface area contributed by atoms with Gasteiger partial charge in [0.15, 0.2) is 11.5 Å². The summed E-state index contributed by atoms with van der Waals surface area (Å²) < 4.78 is 16.6. The molecule has 0 amide bonds. The van der Waals surface area contributed by atoms with Crippen LogP contribution in [0.4, 0.5) is 0 Å². The highest BCUT2D eigenvalue weighted by Crippen LogP contribution is 2.48. The summed E-state index contributed by atoms with van der Waals surface area (Å²) in [6.07, 6.45) is 0.977. The van der Waals surface area contributed by atoms with Gasteiger partial charge in [-0.15, -0.1) is 0 Å². The van der Waals surface area contributed by atoms with Gasteiger partial charge in [-0.1, -0.05) is 30.3 Å². The zero-order valence-electron chi connectivity index (χ0n) is 20.6. The summed E-state index contributed by atoms with van der Waals surface area (Å²) in [7, 11) is 1.53. The van der Waals surface area contributed by atoms with E-state index in [1.54, 1.807) is 19.1 Å². The predicted molar refractivity (Wildman–Crippen MR) is 140 cm³/mol. The summed E-state index contributed by atoms with van der Waals surface area (Å²) in [5.74, 6) is -1.45. The lowest BCUT2D eigenvalue weighted by Gasteiger charge is -2.38. The molecule has 1 aliphatic carbocycles. The van der Waals surface area contributed by atoms with E-state index in [0.717, 1.165) is 11.3 Å². The van der Waals surface area contributed by atoms with Crippen molar-refractivity contribution < 1.29 is 28.9 Å². The van der Waals surface area contributed by atoms with Gasteiger partial charge >= 0.3 is 5.97 Å². The van der Waals surface area contributed by atoms with Crippen LogP contribution in [0.25, 0.3) is 0 Å². The number of nitrogens with zero attached hydrogens (tertiary/aromatic N) is 1. The van der Waals surface area contributed by atoms with Gasteiger partial charge in [0.05, 0.1) is 29.2 Å². The number of Topliss-reactive ketones (excluding diaryl/α,β-unsaturated/α-hetero) is 1. The summed E-state index contributed by atoms with van der Waals surface area (Å²) in [5, 5.41) is 10.5. The van der Waals surface area contributed by atoms with E-state index in [0.29, 0.717) is 40.8 Å². The van der Waals surface area contributed by atoms with Crippen LogP contribution in [0.2, 0.25) is 0 Å². The Morgan fingerprint density at radius 3 is 2.56 bits per heavy atom. The summed E-state index contributed by atoms with van der Waals surface area (Å²) in [6.45, 7) is 4.30. The van der Waals surface area contributed by atoms with Gasteiger partial charge < -0.3 is 19.3 Å². The first-order valence-electron chi connectivity index (χ1n) is 12.0. The normalized spacial score (nSPS) is 21.6. The molecule has 0 spiro atoms. The van der Waals surface area contributed by atoms with Crippen molar-refractivity contribution in [2.75, 3.05) is 26.9 Å². The van der Waals surface area contributed by atoms with Crippen LogP contribution in [0.1, 0.15) is 49.7 Å². The van der Waals surface area contributed by atoms with Crippen molar-refractivity contribution in [1.29, 1.82) is 0 Å². The minimum absolute atomic E-state index is 0.0238. The third kappa shape index (κ3) is 5.25. The Labute approximate surface area is 219 Å². The molecule has 1 unspecified atom stereocenters. The molecule has 0 saturated heterocycles. The number of aliphatic imine (C=N–C) groups is 1. The molecule has 3 atom stereocenters. The first-order chi connectivity index (χ1) is 17.3. The summed E-state index contributed by atoms with van der Waals surface area (Å²) in [5.41, 5.74) is 3.40. The fourth-order valence-corrected chi connectivity index (χ4v) is 5.56. The van der Waals surface area contributed by atoms with Crippen LogP contribution in [0.5, 0.6) is 11.5 Å². The Morgan fingerprint density at radius 1 is 1.11 bits per heavy atom. The van der Waals surface area contributed by atoms with E-state index in [9.17, 15) is 14.7 Å². The van der Waals surface area contributed by atoms with E-state index in [1.165, 1.54) is 7.11 Å². The van der Waals surface area contributed by atoms with Gasteiger partial charge in [0.1, 0.15) is 12.4 Å². The molecular formula is C28H30BrNO6. The molecule has 1 heterocycles. The Kier molecular flexibility index (Phi) is 8.26. The van der Waals surface area contributed by atoms with Gasteiger partial charge in [0, 0.05) is 30.9 Å². The standard InChI is InChI=1S/C28H30BrNO6/c1-4-35-23-15-19(12-20(29)27(23)32)25-24(28(33)36-11-10-34-3)16(2)30-21-13-18(14-22(31)26(21)25)17-8-6-5-7-9-17/h5-9,12,15,18,25-26,32H,4,10-11,13-14H2,1-3H3/t18-,25-,26?/m1/s1. The van der Waals surface area contributed by atoms with Crippen molar-refractivity contribution in [2.45, 2.75) is 38.5 Å². The first-order valence-corrected chi connectivity index (χ1v) is 12.8. The highest BCUT2D eigenvalue weighted by atomic mass is 79.9. The van der Waals surface area contributed by atoms with E-state index in [2.05, 4.69) is 15.9 Å². The number of benzene rings is 2. The smallest absolute Gasteiger partial charge is 0.336 e. The number of ether oxygens (including phenoxy) is 3. The number of methoxy groups -OCH3 is 1. The molecule has 36 heavy (non-hydrogen) atoms. The fourth-order valence-electron chi connectivity index (χ4n) is 5.10. The maximum absolute atomic E-state index is 13.7. The average molecular weight is 556 g/mol. The lowest BCUT2D eigenvalue weighted by atomic mass is 9.66. The molecule has 2 aromatic rings. The highest BCUT2D eigenvalue weighted by Gasteiger charge is 2.46. The number of carbonyl (C=O) groups excluding carboxylic acids is 2. The minimum atomic E-state index is -0.618. The maximum Gasteiger partial charge on any atom is 0.336 e. The molecule has 8 heteroatoms. The molecule has 4 rings (SSSR count). The van der Waals surface area contributed by atoms with Gasteiger partial charge in [-0.25, -0.2) is 4.79 Å². The van der Waals surface area contributed by atoms with Crippen LogP contribution in [0, 0.1) is 5.92 Å². The maximum atomic E-state index is 13.7. The van der Waals surface area contributed by atoms with E-state index >= 15 is 0 Å². The van der Waals surface area contributed by atoms with Gasteiger partial charge in [-0.3, -0.25) is 9.79 Å². The zero-order valence-corrected chi connectivity index (χ0v) is 22.2. The van der Waals surface area contributed by atoms with Crippen molar-refractivity contribution in [2.24, 2.45) is 10.9 Å². The van der Waals surface area contributed by atoms with Crippen LogP contribution < -0.4 is 4.74 Å². The molecule has 190 valence electrons. The van der Waals surface area contributed by atoms with Gasteiger partial charge in [-0.05, 0) is 65.4 Å². The largest absolute Gasteiger partial charge is 0.503 e. The molecule has 2 aromatic carbocycles. The SMILES string of the molecule is CCOc1cc([C@@H]2C(C(=O)OCCOC)=C(C)N=C3C[C@@H](c4ccccc4)CC(=O)C32)cc(Br)c1O. The summed E-state index contributed by atoms with van der Waals surface area (Å²) in [6, 6.07) is 13.4. The second kappa shape index (κ2) is 11.4. The molecule has 0 aromatic heterocycles. The molecule has 1 N–H and O–H groups in total. The first kappa shape index (κ1) is 26.1. The number of allylic oxidation sites excluding steroid dienone is 1. The molecule has 7 nitrogen and oxygen atoms in total. The van der Waals surface area contributed by atoms with Crippen molar-refractivity contribution in [3.8, 4) is 11.5 Å². The molecule has 1 saturated carbocycles. The number of rotatable bonds is 8. The van der Waals surface area contributed by atoms with Crippen LogP contribution >= 0.6 is 15.9 Å². The highest BCUT2D eigenvalue weighted by molar-refractivity contribution is 9.10. The van der Waals surface area contributed by atoms with Crippen molar-refractivity contribution >= 4 is 33.4 Å². The number of carbonyl (C=O) groups is 2. The van der Waals surface area contributed by atoms with Crippen LogP contribution in [0.3, 0.4) is 0 Å². The van der Waals surface area contributed by atoms with Crippen LogP contribution in [-0.4, -0.2) is 49.5 Å². The second-order valence-corrected chi connectivity index (χ2v) is 9.81. The number of phenols is 1. The monoisotopic (exact) mass is 555 g/mol. The van der Waals surface area contributed by atoms with Crippen molar-refractivity contribution in [1.82, 2.24) is 0 Å². The lowest BCUT2D eigenvalue weighted by molar-refractivity contribution is -0.140. The molecule has 2 aliphatic rings. The van der Waals surface area contributed by atoms with Crippen molar-refractivity contribution in [3.63, 3.8) is 0 Å². The summed E-state index contributed by atoms with van der Waals surface area (Å²) >= 11 is 3.41. The van der Waals surface area contributed by atoms with Crippen LogP contribution in [-0.2, 0) is 19.1 Å². The molecule has 1 aliphatic heterocycles. The molecule has 0 bridgehead atoms. The number of halogens is 1. The Morgan fingerprint density at radius 2 is 1.86 bits per heavy atom. The number of aromatic hydroxyl groups is 1. The molecule has 1 fully saturated rings. The average Bonchev–Trinajstić information content (AvgIpc) is 2.86. The molecule has 0 radical (unpaired) electrons. The number of hydrogen-bond acceptors (Lipinski definition) is 7. The Bertz CT molecular complexity index is 1210. The Balaban J connectivity index is 1.81. The molecular weight excluding hydrogens is 526 g/mol. The van der Waals surface area contributed by atoms with Crippen molar-refractivity contribution in [3.05, 3.63) is 69.3 Å². The van der Waals surface area contributed by atoms with E-state index < -0.39 is 17.8 Å². The minimum Gasteiger partial charge on any atom is -0.503 e.